The lowest BCUT2D eigenvalue weighted by Gasteiger charge is -2.26. The zero-order chi connectivity index (χ0) is 20.7. The molecule has 1 aliphatic rings. The summed E-state index contributed by atoms with van der Waals surface area (Å²) in [6.07, 6.45) is 1.24. The number of hydrogen-bond donors (Lipinski definition) is 1. The van der Waals surface area contributed by atoms with E-state index in [9.17, 15) is 18.7 Å². The number of fused-ring (bicyclic) bond motifs is 1. The van der Waals surface area contributed by atoms with Gasteiger partial charge in [-0.05, 0) is 30.3 Å². The first-order valence-corrected chi connectivity index (χ1v) is 9.09. The molecule has 148 valence electrons. The van der Waals surface area contributed by atoms with E-state index in [2.05, 4.69) is 16.8 Å². The number of hydrogen-bond acceptors (Lipinski definition) is 4. The van der Waals surface area contributed by atoms with Crippen LogP contribution in [0.4, 0.5) is 8.78 Å². The maximum absolute atomic E-state index is 14.9. The van der Waals surface area contributed by atoms with Crippen molar-refractivity contribution in [2.45, 2.75) is 13.1 Å². The molecular weight excluding hydrogens is 402 g/mol. The molecule has 0 atom stereocenters. The maximum Gasteiger partial charge on any atom is 0.246 e. The zero-order valence-corrected chi connectivity index (χ0v) is 15.8. The number of aromatic hydroxyl groups is 1. The highest BCUT2D eigenvalue weighted by atomic mass is 35.5. The number of amides is 1. The van der Waals surface area contributed by atoms with E-state index in [1.54, 1.807) is 9.47 Å². The molecule has 1 aromatic heterocycles. The van der Waals surface area contributed by atoms with Crippen molar-refractivity contribution >= 4 is 17.5 Å². The molecule has 2 heterocycles. The molecule has 0 aliphatic carbocycles. The number of rotatable bonds is 3. The first kappa shape index (κ1) is 19.1. The average molecular weight is 417 g/mol. The second-order valence-corrected chi connectivity index (χ2v) is 6.91. The number of phenols is 1. The van der Waals surface area contributed by atoms with E-state index in [0.717, 1.165) is 6.07 Å². The molecule has 1 N–H and O–H groups in total. The van der Waals surface area contributed by atoms with Gasteiger partial charge < -0.3 is 14.6 Å². The standard InChI is InChI=1S/C20H15ClF2N4O2/c1-2-17(29)26-6-7-27-16(10-26)24-25-20(27)11-8-12(21)18(14(23)9-11)19-13(22)4-3-5-15(19)28/h2-5,8-9,28H,1,6-7,10H2. The van der Waals surface area contributed by atoms with Crippen LogP contribution in [0.2, 0.25) is 5.02 Å². The normalized spacial score (nSPS) is 13.3. The lowest BCUT2D eigenvalue weighted by atomic mass is 10.0. The Morgan fingerprint density at radius 3 is 2.66 bits per heavy atom. The fourth-order valence-corrected chi connectivity index (χ4v) is 3.69. The lowest BCUT2D eigenvalue weighted by molar-refractivity contribution is -0.127. The van der Waals surface area contributed by atoms with Gasteiger partial charge in [0.1, 0.15) is 17.4 Å². The monoisotopic (exact) mass is 416 g/mol. The highest BCUT2D eigenvalue weighted by Gasteiger charge is 2.25. The van der Waals surface area contributed by atoms with Crippen LogP contribution in [-0.2, 0) is 17.9 Å². The van der Waals surface area contributed by atoms with Crippen LogP contribution in [0.1, 0.15) is 5.82 Å². The summed E-state index contributed by atoms with van der Waals surface area (Å²) < 4.78 is 30.9. The van der Waals surface area contributed by atoms with Crippen molar-refractivity contribution in [3.05, 3.63) is 65.5 Å². The molecule has 0 fully saturated rings. The number of nitrogens with zero attached hydrogens (tertiary/aromatic N) is 4. The molecule has 3 aromatic rings. The molecule has 1 aliphatic heterocycles. The topological polar surface area (TPSA) is 71.2 Å². The Morgan fingerprint density at radius 2 is 1.97 bits per heavy atom. The van der Waals surface area contributed by atoms with Gasteiger partial charge in [0.05, 0.1) is 17.1 Å². The highest BCUT2D eigenvalue weighted by Crippen LogP contribution is 2.40. The number of aromatic nitrogens is 3. The predicted octanol–water partition coefficient (Wildman–Crippen LogP) is 3.78. The van der Waals surface area contributed by atoms with Crippen LogP contribution in [0.15, 0.2) is 43.0 Å². The van der Waals surface area contributed by atoms with Crippen LogP contribution in [0.3, 0.4) is 0 Å². The molecule has 4 rings (SSSR count). The Labute approximate surface area is 169 Å². The van der Waals surface area contributed by atoms with Gasteiger partial charge in [-0.25, -0.2) is 8.78 Å². The summed E-state index contributed by atoms with van der Waals surface area (Å²) in [6, 6.07) is 6.31. The lowest BCUT2D eigenvalue weighted by Crippen LogP contribution is -2.37. The molecule has 0 bridgehead atoms. The molecule has 0 spiro atoms. The van der Waals surface area contributed by atoms with Gasteiger partial charge >= 0.3 is 0 Å². The SMILES string of the molecule is C=CC(=O)N1CCn2c(nnc2-c2cc(F)c(-c3c(O)cccc3F)c(Cl)c2)C1. The zero-order valence-electron chi connectivity index (χ0n) is 15.1. The van der Waals surface area contributed by atoms with Gasteiger partial charge in [0.2, 0.25) is 5.91 Å². The van der Waals surface area contributed by atoms with E-state index >= 15 is 0 Å². The Morgan fingerprint density at radius 1 is 1.17 bits per heavy atom. The molecule has 1 amide bonds. The molecule has 0 saturated heterocycles. The maximum atomic E-state index is 14.9. The Balaban J connectivity index is 1.75. The van der Waals surface area contributed by atoms with Gasteiger partial charge in [-0.1, -0.05) is 24.2 Å². The van der Waals surface area contributed by atoms with Crippen molar-refractivity contribution in [3.63, 3.8) is 0 Å². The summed E-state index contributed by atoms with van der Waals surface area (Å²) >= 11 is 6.26. The van der Waals surface area contributed by atoms with Crippen LogP contribution in [0.5, 0.6) is 5.75 Å². The van der Waals surface area contributed by atoms with Crippen LogP contribution in [0, 0.1) is 11.6 Å². The quantitative estimate of drug-likeness (QED) is 0.660. The van der Waals surface area contributed by atoms with Gasteiger partial charge in [-0.15, -0.1) is 10.2 Å². The summed E-state index contributed by atoms with van der Waals surface area (Å²) in [5, 5.41) is 18.1. The van der Waals surface area contributed by atoms with E-state index in [1.807, 2.05) is 0 Å². The Kier molecular flexibility index (Phi) is 4.79. The number of carbonyl (C=O) groups is 1. The van der Waals surface area contributed by atoms with Gasteiger partial charge in [0.25, 0.3) is 0 Å². The minimum Gasteiger partial charge on any atom is -0.507 e. The second-order valence-electron chi connectivity index (χ2n) is 6.50. The van der Waals surface area contributed by atoms with E-state index in [0.29, 0.717) is 30.3 Å². The summed E-state index contributed by atoms with van der Waals surface area (Å²) in [5.74, 6) is -1.27. The predicted molar refractivity (Wildman–Crippen MR) is 103 cm³/mol. The summed E-state index contributed by atoms with van der Waals surface area (Å²) in [5.41, 5.74) is -0.176. The summed E-state index contributed by atoms with van der Waals surface area (Å²) in [4.78, 5) is 13.4. The smallest absolute Gasteiger partial charge is 0.246 e. The molecule has 0 unspecified atom stereocenters. The number of carbonyl (C=O) groups excluding carboxylic acids is 1. The van der Waals surface area contributed by atoms with Crippen LogP contribution >= 0.6 is 11.6 Å². The molecule has 6 nitrogen and oxygen atoms in total. The van der Waals surface area contributed by atoms with Crippen LogP contribution in [-0.4, -0.2) is 37.2 Å². The second kappa shape index (κ2) is 7.29. The first-order chi connectivity index (χ1) is 13.9. The molecule has 9 heteroatoms. The fourth-order valence-electron chi connectivity index (χ4n) is 3.39. The summed E-state index contributed by atoms with van der Waals surface area (Å²) in [7, 11) is 0. The Bertz CT molecular complexity index is 1100. The van der Waals surface area contributed by atoms with Gasteiger partial charge in [-0.3, -0.25) is 4.79 Å². The molecular formula is C20H15ClF2N4O2. The third-order valence-corrected chi connectivity index (χ3v) is 5.08. The molecule has 2 aromatic carbocycles. The van der Waals surface area contributed by atoms with Crippen molar-refractivity contribution in [1.82, 2.24) is 19.7 Å². The van der Waals surface area contributed by atoms with Crippen molar-refractivity contribution in [2.75, 3.05) is 6.54 Å². The number of benzene rings is 2. The third kappa shape index (κ3) is 3.25. The minimum absolute atomic E-state index is 0.0722. The largest absolute Gasteiger partial charge is 0.507 e. The summed E-state index contributed by atoms with van der Waals surface area (Å²) in [6.45, 7) is 4.59. The van der Waals surface area contributed by atoms with Crippen molar-refractivity contribution in [2.24, 2.45) is 0 Å². The molecule has 29 heavy (non-hydrogen) atoms. The molecule has 0 radical (unpaired) electrons. The average Bonchev–Trinajstić information content (AvgIpc) is 3.12. The first-order valence-electron chi connectivity index (χ1n) is 8.71. The van der Waals surface area contributed by atoms with Crippen molar-refractivity contribution in [3.8, 4) is 28.3 Å². The van der Waals surface area contributed by atoms with Crippen LogP contribution < -0.4 is 0 Å². The van der Waals surface area contributed by atoms with Gasteiger partial charge in [-0.2, -0.15) is 0 Å². The van der Waals surface area contributed by atoms with Crippen molar-refractivity contribution < 1.29 is 18.7 Å². The number of halogens is 3. The van der Waals surface area contributed by atoms with E-state index in [-0.39, 0.29) is 28.6 Å². The van der Waals surface area contributed by atoms with Crippen LogP contribution in [0.25, 0.3) is 22.5 Å². The van der Waals surface area contributed by atoms with E-state index < -0.39 is 17.4 Å². The van der Waals surface area contributed by atoms with E-state index in [1.165, 1.54) is 30.3 Å². The highest BCUT2D eigenvalue weighted by molar-refractivity contribution is 6.33. The van der Waals surface area contributed by atoms with Gasteiger partial charge in [0, 0.05) is 24.2 Å². The number of phenolic OH excluding ortho intramolecular Hbond substituents is 1. The molecule has 0 saturated carbocycles. The minimum atomic E-state index is -0.801. The Hall–Kier alpha value is -3.26. The van der Waals surface area contributed by atoms with Gasteiger partial charge in [0.15, 0.2) is 11.6 Å². The fraction of sp³-hybridized carbons (Fsp3) is 0.150. The van der Waals surface area contributed by atoms with E-state index in [4.69, 9.17) is 11.6 Å². The van der Waals surface area contributed by atoms with Crippen molar-refractivity contribution in [1.29, 1.82) is 0 Å². The third-order valence-electron chi connectivity index (χ3n) is 4.78.